The number of aromatic nitrogens is 3. The highest BCUT2D eigenvalue weighted by Crippen LogP contribution is 2.23. The zero-order chi connectivity index (χ0) is 13.9. The van der Waals surface area contributed by atoms with Crippen LogP contribution in [-0.4, -0.2) is 14.8 Å². The zero-order valence-electron chi connectivity index (χ0n) is 11.2. The van der Waals surface area contributed by atoms with Crippen molar-refractivity contribution in [3.05, 3.63) is 48.0 Å². The highest BCUT2D eigenvalue weighted by Gasteiger charge is 2.12. The van der Waals surface area contributed by atoms with Gasteiger partial charge in [-0.1, -0.05) is 32.4 Å². The molecule has 1 heterocycles. The second-order valence-corrected chi connectivity index (χ2v) is 5.68. The molecule has 0 atom stereocenters. The fraction of sp³-hybridized carbons (Fsp3) is 0.286. The van der Waals surface area contributed by atoms with Crippen molar-refractivity contribution < 1.29 is 4.74 Å². The maximum Gasteiger partial charge on any atom is 0.218 e. The fourth-order valence-electron chi connectivity index (χ4n) is 1.46. The van der Waals surface area contributed by atoms with Crippen LogP contribution in [-0.2, 0) is 0 Å². The monoisotopic (exact) mass is 277 g/mol. The van der Waals surface area contributed by atoms with Gasteiger partial charge in [0.25, 0.3) is 0 Å². The summed E-state index contributed by atoms with van der Waals surface area (Å²) in [5, 5.41) is 4.78. The number of nitrogens with zero attached hydrogens (tertiary/aromatic N) is 3. The van der Waals surface area contributed by atoms with Crippen LogP contribution in [0.15, 0.2) is 43.0 Å². The van der Waals surface area contributed by atoms with Crippen LogP contribution in [0.4, 0.5) is 0 Å². The van der Waals surface area contributed by atoms with Crippen LogP contribution >= 0.6 is 11.6 Å². The number of halogens is 1. The molecule has 19 heavy (non-hydrogen) atoms. The van der Waals surface area contributed by atoms with E-state index >= 15 is 0 Å². The summed E-state index contributed by atoms with van der Waals surface area (Å²) in [6.45, 7) is 6.28. The molecular weight excluding hydrogens is 262 g/mol. The highest BCUT2D eigenvalue weighted by molar-refractivity contribution is 6.30. The summed E-state index contributed by atoms with van der Waals surface area (Å²) in [5.41, 5.74) is -0.0340. The van der Waals surface area contributed by atoms with E-state index in [1.54, 1.807) is 23.1 Å². The van der Waals surface area contributed by atoms with Gasteiger partial charge in [-0.3, -0.25) is 0 Å². The van der Waals surface area contributed by atoms with Crippen LogP contribution in [0.5, 0.6) is 5.75 Å². The Balaban J connectivity index is 2.29. The Labute approximate surface area is 117 Å². The number of ether oxygens (including phenoxy) is 1. The predicted molar refractivity (Wildman–Crippen MR) is 75.8 cm³/mol. The van der Waals surface area contributed by atoms with Crippen molar-refractivity contribution in [3.8, 4) is 5.75 Å². The highest BCUT2D eigenvalue weighted by atomic mass is 35.5. The molecule has 2 aromatic rings. The van der Waals surface area contributed by atoms with Gasteiger partial charge < -0.3 is 4.74 Å². The van der Waals surface area contributed by atoms with Gasteiger partial charge in [-0.25, -0.2) is 4.98 Å². The Hall–Kier alpha value is -1.81. The van der Waals surface area contributed by atoms with Crippen molar-refractivity contribution in [2.75, 3.05) is 0 Å². The summed E-state index contributed by atoms with van der Waals surface area (Å²) in [6.07, 6.45) is 5.07. The lowest BCUT2D eigenvalue weighted by Crippen LogP contribution is -2.10. The van der Waals surface area contributed by atoms with E-state index in [-0.39, 0.29) is 5.41 Å². The van der Waals surface area contributed by atoms with E-state index in [4.69, 9.17) is 16.3 Å². The molecule has 0 bridgehead atoms. The third-order valence-corrected chi connectivity index (χ3v) is 2.49. The molecule has 0 radical (unpaired) electrons. The van der Waals surface area contributed by atoms with Crippen molar-refractivity contribution in [2.45, 2.75) is 20.8 Å². The van der Waals surface area contributed by atoms with E-state index in [0.717, 1.165) is 0 Å². The van der Waals surface area contributed by atoms with Crippen LogP contribution in [0.1, 0.15) is 20.8 Å². The average Bonchev–Trinajstić information content (AvgIpc) is 2.83. The first kappa shape index (κ1) is 13.6. The lowest BCUT2D eigenvalue weighted by molar-refractivity contribution is 0.443. The molecule has 0 N–H and O–H groups in total. The summed E-state index contributed by atoms with van der Waals surface area (Å²) < 4.78 is 7.45. The Kier molecular flexibility index (Phi) is 3.90. The van der Waals surface area contributed by atoms with E-state index in [1.165, 1.54) is 6.33 Å². The minimum Gasteiger partial charge on any atom is -0.439 e. The van der Waals surface area contributed by atoms with Crippen molar-refractivity contribution in [2.24, 2.45) is 5.41 Å². The van der Waals surface area contributed by atoms with Crippen molar-refractivity contribution in [1.29, 1.82) is 0 Å². The number of benzene rings is 1. The third-order valence-electron chi connectivity index (χ3n) is 2.24. The lowest BCUT2D eigenvalue weighted by atomic mass is 9.97. The Morgan fingerprint density at radius 3 is 2.47 bits per heavy atom. The molecule has 0 saturated carbocycles. The van der Waals surface area contributed by atoms with E-state index in [2.05, 4.69) is 30.9 Å². The molecule has 0 fully saturated rings. The molecule has 0 aliphatic rings. The normalized spacial score (nSPS) is 12.5. The Morgan fingerprint density at radius 1 is 1.26 bits per heavy atom. The second-order valence-electron chi connectivity index (χ2n) is 5.24. The second kappa shape index (κ2) is 5.45. The molecule has 5 heteroatoms. The van der Waals surface area contributed by atoms with E-state index < -0.39 is 0 Å². The molecule has 0 spiro atoms. The minimum absolute atomic E-state index is 0.0340. The fourth-order valence-corrected chi connectivity index (χ4v) is 1.58. The zero-order valence-corrected chi connectivity index (χ0v) is 11.9. The largest absolute Gasteiger partial charge is 0.439 e. The first-order valence-electron chi connectivity index (χ1n) is 5.95. The van der Waals surface area contributed by atoms with Crippen molar-refractivity contribution >= 4 is 17.5 Å². The van der Waals surface area contributed by atoms with Crippen molar-refractivity contribution in [1.82, 2.24) is 14.8 Å². The van der Waals surface area contributed by atoms with Gasteiger partial charge in [0.15, 0.2) is 0 Å². The summed E-state index contributed by atoms with van der Waals surface area (Å²) in [4.78, 5) is 3.94. The summed E-state index contributed by atoms with van der Waals surface area (Å²) in [6, 6.07) is 7.20. The summed E-state index contributed by atoms with van der Waals surface area (Å²) in [5.74, 6) is 1.32. The number of hydrogen-bond acceptors (Lipinski definition) is 3. The molecular formula is C14H16ClN3O. The maximum atomic E-state index is 5.86. The first-order valence-corrected chi connectivity index (χ1v) is 6.33. The van der Waals surface area contributed by atoms with Gasteiger partial charge in [-0.2, -0.15) is 9.78 Å². The minimum atomic E-state index is -0.0340. The molecule has 0 saturated heterocycles. The van der Waals surface area contributed by atoms with Gasteiger partial charge in [-0.15, -0.1) is 0 Å². The molecule has 1 aromatic heterocycles. The van der Waals surface area contributed by atoms with Gasteiger partial charge in [0.2, 0.25) is 5.88 Å². The molecule has 100 valence electrons. The van der Waals surface area contributed by atoms with Crippen LogP contribution in [0.25, 0.3) is 5.88 Å². The molecule has 1 aromatic carbocycles. The number of allylic oxidation sites excluding steroid dienone is 1. The van der Waals surface area contributed by atoms with Crippen LogP contribution in [0.2, 0.25) is 5.02 Å². The van der Waals surface area contributed by atoms with Crippen LogP contribution < -0.4 is 4.74 Å². The molecule has 0 aliphatic heterocycles. The smallest absolute Gasteiger partial charge is 0.218 e. The quantitative estimate of drug-likeness (QED) is 0.800. The molecule has 2 rings (SSSR count). The van der Waals surface area contributed by atoms with Crippen LogP contribution in [0.3, 0.4) is 0 Å². The Bertz CT molecular complexity index is 553. The van der Waals surface area contributed by atoms with E-state index in [0.29, 0.717) is 16.7 Å². The Morgan fingerprint density at radius 2 is 1.95 bits per heavy atom. The molecule has 4 nitrogen and oxygen atoms in total. The van der Waals surface area contributed by atoms with Crippen LogP contribution in [0, 0.1) is 5.41 Å². The molecule has 0 amide bonds. The first-order chi connectivity index (χ1) is 8.94. The van der Waals surface area contributed by atoms with E-state index in [1.807, 2.05) is 18.2 Å². The van der Waals surface area contributed by atoms with Gasteiger partial charge in [-0.05, 0) is 35.8 Å². The topological polar surface area (TPSA) is 39.9 Å². The average molecular weight is 278 g/mol. The lowest BCUT2D eigenvalue weighted by Gasteiger charge is -2.16. The molecule has 0 aliphatic carbocycles. The van der Waals surface area contributed by atoms with Crippen molar-refractivity contribution in [3.63, 3.8) is 0 Å². The maximum absolute atomic E-state index is 5.86. The van der Waals surface area contributed by atoms with Gasteiger partial charge in [0, 0.05) is 5.02 Å². The van der Waals surface area contributed by atoms with Gasteiger partial charge in [0.1, 0.15) is 18.4 Å². The number of rotatable bonds is 3. The SMILES string of the molecule is CC(C)(C)/C=C(\Oc1ccc(Cl)cc1)n1cncn1. The van der Waals surface area contributed by atoms with Gasteiger partial charge in [0.05, 0.1) is 0 Å². The molecule has 0 unspecified atom stereocenters. The van der Waals surface area contributed by atoms with Gasteiger partial charge >= 0.3 is 0 Å². The summed E-state index contributed by atoms with van der Waals surface area (Å²) in [7, 11) is 0. The third kappa shape index (κ3) is 4.10. The number of hydrogen-bond donors (Lipinski definition) is 0. The predicted octanol–water partition coefficient (Wildman–Crippen LogP) is 3.86. The van der Waals surface area contributed by atoms with E-state index in [9.17, 15) is 0 Å². The summed E-state index contributed by atoms with van der Waals surface area (Å²) >= 11 is 5.86. The standard InChI is InChI=1S/C14H16ClN3O/c1-14(2,3)8-13(18-10-16-9-17-18)19-12-6-4-11(15)5-7-12/h4-10H,1-3H3/b13-8-.